The maximum atomic E-state index is 6.39. The minimum Gasteiger partial charge on any atom is -0.478 e. The summed E-state index contributed by atoms with van der Waals surface area (Å²) in [6, 6.07) is 10.8. The van der Waals surface area contributed by atoms with Gasteiger partial charge in [0.05, 0.1) is 18.3 Å². The molecule has 1 aromatic carbocycles. The third-order valence-corrected chi connectivity index (χ3v) is 8.54. The number of nitrogens with zero attached hydrogens (tertiary/aromatic N) is 2. The molecular formula is C33H45ClN4O. The summed E-state index contributed by atoms with van der Waals surface area (Å²) in [6.07, 6.45) is 16.3. The first-order chi connectivity index (χ1) is 19.2. The van der Waals surface area contributed by atoms with Crippen LogP contribution in [0.3, 0.4) is 0 Å². The van der Waals surface area contributed by atoms with E-state index in [1.54, 1.807) is 0 Å². The number of aryl methyl sites for hydroxylation is 2. The van der Waals surface area contributed by atoms with Gasteiger partial charge < -0.3 is 10.1 Å². The normalized spacial score (nSPS) is 17.5. The molecule has 2 aromatic heterocycles. The number of nitrogens with one attached hydrogen (secondary N) is 2. The van der Waals surface area contributed by atoms with Crippen molar-refractivity contribution in [2.45, 2.75) is 116 Å². The lowest BCUT2D eigenvalue weighted by Gasteiger charge is -2.33. The molecule has 2 aliphatic carbocycles. The van der Waals surface area contributed by atoms with Gasteiger partial charge in [0.15, 0.2) is 0 Å². The second kappa shape index (κ2) is 13.8. The lowest BCUT2D eigenvalue weighted by molar-refractivity contribution is 0.295. The van der Waals surface area contributed by atoms with Crippen molar-refractivity contribution in [2.75, 3.05) is 11.9 Å². The zero-order valence-electron chi connectivity index (χ0n) is 23.8. The molecule has 39 heavy (non-hydrogen) atoms. The Kier molecular flexibility index (Phi) is 9.97. The van der Waals surface area contributed by atoms with Crippen molar-refractivity contribution in [3.8, 4) is 5.88 Å². The second-order valence-corrected chi connectivity index (χ2v) is 11.8. The monoisotopic (exact) mass is 548 g/mol. The maximum Gasteiger partial charge on any atom is 0.213 e. The van der Waals surface area contributed by atoms with Gasteiger partial charge in [0.25, 0.3) is 0 Å². The van der Waals surface area contributed by atoms with Crippen LogP contribution in [0, 0.1) is 0 Å². The van der Waals surface area contributed by atoms with Crippen LogP contribution in [0.5, 0.6) is 5.88 Å². The van der Waals surface area contributed by atoms with E-state index in [0.717, 1.165) is 74.4 Å². The predicted octanol–water partition coefficient (Wildman–Crippen LogP) is 8.72. The van der Waals surface area contributed by atoms with E-state index in [9.17, 15) is 0 Å². The van der Waals surface area contributed by atoms with Crippen LogP contribution in [0.4, 0.5) is 5.69 Å². The summed E-state index contributed by atoms with van der Waals surface area (Å²) in [5.74, 6) is 0.769. The van der Waals surface area contributed by atoms with E-state index >= 15 is 0 Å². The minimum atomic E-state index is 0.172. The Labute approximate surface area is 239 Å². The molecular weight excluding hydrogens is 504 g/mol. The molecule has 0 spiro atoms. The molecule has 1 unspecified atom stereocenters. The van der Waals surface area contributed by atoms with Gasteiger partial charge in [-0.25, -0.2) is 4.98 Å². The van der Waals surface area contributed by atoms with Crippen LogP contribution in [0.2, 0.25) is 5.02 Å². The SMILES string of the molecule is CCCCCCC(Nc1c2c(nc3cc(Cl)ccc13)CCCC2)N[C@@H]1CCCc2nc(OCCCC)ccc21. The summed E-state index contributed by atoms with van der Waals surface area (Å²) in [7, 11) is 0. The molecule has 0 saturated carbocycles. The molecule has 6 heteroatoms. The molecule has 0 bridgehead atoms. The van der Waals surface area contributed by atoms with Crippen LogP contribution in [0.15, 0.2) is 30.3 Å². The first-order valence-electron chi connectivity index (χ1n) is 15.4. The molecule has 3 aromatic rings. The number of unbranched alkanes of at least 4 members (excludes halogenated alkanes) is 4. The Bertz CT molecular complexity index is 1250. The summed E-state index contributed by atoms with van der Waals surface area (Å²) in [5.41, 5.74) is 7.42. The molecule has 5 rings (SSSR count). The Morgan fingerprint density at radius 1 is 0.923 bits per heavy atom. The van der Waals surface area contributed by atoms with E-state index in [2.05, 4.69) is 42.7 Å². The summed E-state index contributed by atoms with van der Waals surface area (Å²) in [4.78, 5) is 9.96. The first kappa shape index (κ1) is 28.2. The maximum absolute atomic E-state index is 6.39. The second-order valence-electron chi connectivity index (χ2n) is 11.3. The van der Waals surface area contributed by atoms with Gasteiger partial charge in [0.2, 0.25) is 5.88 Å². The van der Waals surface area contributed by atoms with Gasteiger partial charge in [-0.15, -0.1) is 0 Å². The zero-order valence-corrected chi connectivity index (χ0v) is 24.6. The molecule has 0 saturated heterocycles. The van der Waals surface area contributed by atoms with Gasteiger partial charge in [-0.05, 0) is 87.1 Å². The molecule has 0 radical (unpaired) electrons. The van der Waals surface area contributed by atoms with E-state index in [-0.39, 0.29) is 12.2 Å². The van der Waals surface area contributed by atoms with Crippen molar-refractivity contribution in [3.05, 3.63) is 57.9 Å². The quantitative estimate of drug-likeness (QED) is 0.165. The van der Waals surface area contributed by atoms with Crippen molar-refractivity contribution in [1.82, 2.24) is 15.3 Å². The number of hydrogen-bond acceptors (Lipinski definition) is 5. The topological polar surface area (TPSA) is 59.1 Å². The molecule has 0 fully saturated rings. The van der Waals surface area contributed by atoms with Gasteiger partial charge in [-0.1, -0.05) is 63.6 Å². The average Bonchev–Trinajstić information content (AvgIpc) is 2.95. The number of benzene rings is 1. The zero-order chi connectivity index (χ0) is 27.0. The van der Waals surface area contributed by atoms with Crippen LogP contribution < -0.4 is 15.4 Å². The standard InChI is InChI=1S/C33H45ClN4O/c1-3-5-7-8-16-31(36-27-14-11-15-28-24(27)19-20-32(37-28)39-21-6-4-2)38-33-25-12-9-10-13-29(25)35-30-22-23(34)17-18-26(30)33/h17-20,22,27,31,36H,3-16,21H2,1-2H3,(H,35,38)/t27-,31?/m1/s1. The molecule has 2 aliphatic rings. The lowest BCUT2D eigenvalue weighted by Crippen LogP contribution is -2.40. The molecule has 2 N–H and O–H groups in total. The van der Waals surface area contributed by atoms with Gasteiger partial charge in [0.1, 0.15) is 0 Å². The molecule has 2 atom stereocenters. The smallest absolute Gasteiger partial charge is 0.213 e. The molecule has 0 aliphatic heterocycles. The highest BCUT2D eigenvalue weighted by molar-refractivity contribution is 6.31. The van der Waals surface area contributed by atoms with E-state index in [1.165, 1.54) is 72.1 Å². The van der Waals surface area contributed by atoms with E-state index in [1.807, 2.05) is 12.1 Å². The highest BCUT2D eigenvalue weighted by Crippen LogP contribution is 2.36. The fourth-order valence-corrected chi connectivity index (χ4v) is 6.33. The third kappa shape index (κ3) is 7.05. The van der Waals surface area contributed by atoms with Gasteiger partial charge in [-0.3, -0.25) is 10.3 Å². The van der Waals surface area contributed by atoms with E-state index in [0.29, 0.717) is 0 Å². The number of pyridine rings is 2. The molecule has 2 heterocycles. The number of ether oxygens (including phenoxy) is 1. The van der Waals surface area contributed by atoms with Crippen molar-refractivity contribution < 1.29 is 4.74 Å². The van der Waals surface area contributed by atoms with Crippen molar-refractivity contribution in [3.63, 3.8) is 0 Å². The van der Waals surface area contributed by atoms with Crippen LogP contribution in [0.25, 0.3) is 10.9 Å². The van der Waals surface area contributed by atoms with Crippen LogP contribution >= 0.6 is 11.6 Å². The van der Waals surface area contributed by atoms with E-state index in [4.69, 9.17) is 26.3 Å². The van der Waals surface area contributed by atoms with Crippen LogP contribution in [-0.2, 0) is 19.3 Å². The lowest BCUT2D eigenvalue weighted by atomic mass is 9.90. The average molecular weight is 549 g/mol. The number of halogens is 1. The molecule has 210 valence electrons. The summed E-state index contributed by atoms with van der Waals surface area (Å²) < 4.78 is 5.93. The fourth-order valence-electron chi connectivity index (χ4n) is 6.17. The molecule has 0 amide bonds. The number of rotatable bonds is 13. The number of anilines is 1. The number of aromatic nitrogens is 2. The van der Waals surface area contributed by atoms with Gasteiger partial charge in [0, 0.05) is 39.6 Å². The minimum absolute atomic E-state index is 0.172. The number of hydrogen-bond donors (Lipinski definition) is 2. The van der Waals surface area contributed by atoms with Gasteiger partial charge in [-0.2, -0.15) is 0 Å². The third-order valence-electron chi connectivity index (χ3n) is 8.31. The Morgan fingerprint density at radius 3 is 2.64 bits per heavy atom. The largest absolute Gasteiger partial charge is 0.478 e. The van der Waals surface area contributed by atoms with Crippen molar-refractivity contribution >= 4 is 28.2 Å². The fraction of sp³-hybridized carbons (Fsp3) is 0.576. The Balaban J connectivity index is 1.41. The van der Waals surface area contributed by atoms with E-state index < -0.39 is 0 Å². The summed E-state index contributed by atoms with van der Waals surface area (Å²) in [5, 5.41) is 10.0. The van der Waals surface area contributed by atoms with Gasteiger partial charge >= 0.3 is 0 Å². The first-order valence-corrected chi connectivity index (χ1v) is 15.8. The summed E-state index contributed by atoms with van der Waals surface area (Å²) in [6.45, 7) is 5.20. The van der Waals surface area contributed by atoms with Crippen molar-refractivity contribution in [1.29, 1.82) is 0 Å². The highest BCUT2D eigenvalue weighted by Gasteiger charge is 2.26. The predicted molar refractivity (Wildman–Crippen MR) is 163 cm³/mol. The van der Waals surface area contributed by atoms with Crippen LogP contribution in [0.1, 0.15) is 113 Å². The Morgan fingerprint density at radius 2 is 1.77 bits per heavy atom. The van der Waals surface area contributed by atoms with Crippen molar-refractivity contribution in [2.24, 2.45) is 0 Å². The summed E-state index contributed by atoms with van der Waals surface area (Å²) >= 11 is 6.39. The number of fused-ring (bicyclic) bond motifs is 3. The molecule has 5 nitrogen and oxygen atoms in total. The Hall–Kier alpha value is -2.37. The highest BCUT2D eigenvalue weighted by atomic mass is 35.5. The van der Waals surface area contributed by atoms with Crippen LogP contribution in [-0.4, -0.2) is 22.7 Å².